The summed E-state index contributed by atoms with van der Waals surface area (Å²) in [5.74, 6) is 0.594. The smallest absolute Gasteiger partial charge is 0.150 e. The molecular formula is C13H21N3O3S. The number of nitrogens with two attached hydrogens (primary N) is 1. The van der Waals surface area contributed by atoms with Gasteiger partial charge in [0.2, 0.25) is 0 Å². The van der Waals surface area contributed by atoms with Gasteiger partial charge in [-0.3, -0.25) is 4.98 Å². The first-order valence-corrected chi connectivity index (χ1v) is 8.76. The number of sulfone groups is 1. The van der Waals surface area contributed by atoms with Gasteiger partial charge in [0.25, 0.3) is 0 Å². The third-order valence-corrected chi connectivity index (χ3v) is 4.15. The van der Waals surface area contributed by atoms with Crippen LogP contribution in [0.4, 0.5) is 5.69 Å². The van der Waals surface area contributed by atoms with Crippen molar-refractivity contribution in [3.05, 3.63) is 18.5 Å². The topological polar surface area (TPSA) is 85.5 Å². The Kier molecular flexibility index (Phi) is 4.82. The molecule has 7 heteroatoms. The van der Waals surface area contributed by atoms with Gasteiger partial charge in [-0.2, -0.15) is 0 Å². The Labute approximate surface area is 119 Å². The molecule has 0 aromatic carbocycles. The second kappa shape index (κ2) is 6.41. The fraction of sp³-hybridized carbons (Fsp3) is 0.615. The molecule has 0 amide bonds. The van der Waals surface area contributed by atoms with Crippen molar-refractivity contribution in [1.82, 2.24) is 4.98 Å². The normalized spacial score (nSPS) is 19.9. The lowest BCUT2D eigenvalue weighted by atomic mass is 10.1. The quantitative estimate of drug-likeness (QED) is 0.849. The van der Waals surface area contributed by atoms with E-state index in [9.17, 15) is 8.42 Å². The van der Waals surface area contributed by atoms with E-state index in [0.717, 1.165) is 31.6 Å². The van der Waals surface area contributed by atoms with Crippen LogP contribution in [0.3, 0.4) is 0 Å². The highest BCUT2D eigenvalue weighted by atomic mass is 32.2. The number of ether oxygens (including phenoxy) is 1. The number of anilines is 1. The SMILES string of the molecule is CS(=O)(=O)CCOc1cncc(N2CCCC(N)C2)c1. The van der Waals surface area contributed by atoms with Crippen molar-refractivity contribution in [1.29, 1.82) is 0 Å². The minimum absolute atomic E-state index is 0.00577. The molecule has 1 atom stereocenters. The van der Waals surface area contributed by atoms with Gasteiger partial charge in [0, 0.05) is 31.5 Å². The zero-order valence-corrected chi connectivity index (χ0v) is 12.5. The zero-order valence-electron chi connectivity index (χ0n) is 11.7. The Morgan fingerprint density at radius 3 is 3.00 bits per heavy atom. The van der Waals surface area contributed by atoms with Crippen molar-refractivity contribution in [2.24, 2.45) is 5.73 Å². The summed E-state index contributed by atoms with van der Waals surface area (Å²) < 4.78 is 27.5. The highest BCUT2D eigenvalue weighted by molar-refractivity contribution is 7.90. The van der Waals surface area contributed by atoms with Crippen LogP contribution in [-0.2, 0) is 9.84 Å². The molecule has 0 aliphatic carbocycles. The van der Waals surface area contributed by atoms with E-state index < -0.39 is 9.84 Å². The lowest BCUT2D eigenvalue weighted by Gasteiger charge is -2.32. The van der Waals surface area contributed by atoms with Gasteiger partial charge >= 0.3 is 0 Å². The molecule has 0 bridgehead atoms. The third-order valence-electron chi connectivity index (χ3n) is 3.24. The van der Waals surface area contributed by atoms with Crippen molar-refractivity contribution in [2.45, 2.75) is 18.9 Å². The fourth-order valence-electron chi connectivity index (χ4n) is 2.21. The fourth-order valence-corrected chi connectivity index (χ4v) is 2.60. The second-order valence-corrected chi connectivity index (χ2v) is 7.47. The van der Waals surface area contributed by atoms with Gasteiger partial charge in [-0.05, 0) is 12.8 Å². The van der Waals surface area contributed by atoms with Crippen molar-refractivity contribution >= 4 is 15.5 Å². The zero-order chi connectivity index (χ0) is 14.6. The minimum atomic E-state index is -3.00. The number of nitrogens with zero attached hydrogens (tertiary/aromatic N) is 2. The van der Waals surface area contributed by atoms with Gasteiger partial charge in [-0.25, -0.2) is 8.42 Å². The predicted molar refractivity (Wildman–Crippen MR) is 78.9 cm³/mol. The predicted octanol–water partition coefficient (Wildman–Crippen LogP) is 0.432. The maximum atomic E-state index is 11.1. The van der Waals surface area contributed by atoms with Crippen LogP contribution in [0.1, 0.15) is 12.8 Å². The Balaban J connectivity index is 1.97. The van der Waals surface area contributed by atoms with Crippen molar-refractivity contribution < 1.29 is 13.2 Å². The first-order chi connectivity index (χ1) is 9.44. The van der Waals surface area contributed by atoms with Crippen LogP contribution >= 0.6 is 0 Å². The molecule has 20 heavy (non-hydrogen) atoms. The van der Waals surface area contributed by atoms with E-state index in [2.05, 4.69) is 9.88 Å². The van der Waals surface area contributed by atoms with E-state index >= 15 is 0 Å². The van der Waals surface area contributed by atoms with Crippen LogP contribution in [0.5, 0.6) is 5.75 Å². The van der Waals surface area contributed by atoms with Crippen molar-refractivity contribution in [2.75, 3.05) is 36.6 Å². The molecule has 2 rings (SSSR count). The van der Waals surface area contributed by atoms with E-state index in [-0.39, 0.29) is 18.4 Å². The molecule has 1 aromatic heterocycles. The molecule has 112 valence electrons. The third kappa shape index (κ3) is 4.64. The largest absolute Gasteiger partial charge is 0.491 e. The number of pyridine rings is 1. The summed E-state index contributed by atoms with van der Waals surface area (Å²) in [6.07, 6.45) is 6.69. The molecule has 1 unspecified atom stereocenters. The number of aromatic nitrogens is 1. The van der Waals surface area contributed by atoms with Gasteiger partial charge < -0.3 is 15.4 Å². The van der Waals surface area contributed by atoms with E-state index in [1.54, 1.807) is 12.4 Å². The summed E-state index contributed by atoms with van der Waals surface area (Å²) >= 11 is 0. The number of hydrogen-bond donors (Lipinski definition) is 1. The monoisotopic (exact) mass is 299 g/mol. The molecule has 1 aliphatic rings. The van der Waals surface area contributed by atoms with Crippen LogP contribution < -0.4 is 15.4 Å². The van der Waals surface area contributed by atoms with E-state index in [4.69, 9.17) is 10.5 Å². The van der Waals surface area contributed by atoms with Gasteiger partial charge in [-0.15, -0.1) is 0 Å². The maximum absolute atomic E-state index is 11.1. The van der Waals surface area contributed by atoms with Gasteiger partial charge in [-0.1, -0.05) is 0 Å². The molecule has 6 nitrogen and oxygen atoms in total. The summed E-state index contributed by atoms with van der Waals surface area (Å²) in [6, 6.07) is 2.08. The number of piperidine rings is 1. The summed E-state index contributed by atoms with van der Waals surface area (Å²) in [6.45, 7) is 1.92. The molecule has 0 spiro atoms. The molecule has 1 aliphatic heterocycles. The number of hydrogen-bond acceptors (Lipinski definition) is 6. The van der Waals surface area contributed by atoms with E-state index in [1.807, 2.05) is 6.07 Å². The number of rotatable bonds is 5. The second-order valence-electron chi connectivity index (χ2n) is 5.21. The van der Waals surface area contributed by atoms with E-state index in [1.165, 1.54) is 6.26 Å². The minimum Gasteiger partial charge on any atom is -0.491 e. The van der Waals surface area contributed by atoms with E-state index in [0.29, 0.717) is 5.75 Å². The molecule has 2 heterocycles. The lowest BCUT2D eigenvalue weighted by molar-refractivity contribution is 0.339. The lowest BCUT2D eigenvalue weighted by Crippen LogP contribution is -2.42. The highest BCUT2D eigenvalue weighted by Crippen LogP contribution is 2.22. The molecule has 1 saturated heterocycles. The Hall–Kier alpha value is -1.34. The maximum Gasteiger partial charge on any atom is 0.150 e. The summed E-state index contributed by atoms with van der Waals surface area (Å²) in [7, 11) is -3.00. The molecule has 0 saturated carbocycles. The van der Waals surface area contributed by atoms with Crippen molar-refractivity contribution in [3.8, 4) is 5.75 Å². The molecule has 1 fully saturated rings. The highest BCUT2D eigenvalue weighted by Gasteiger charge is 2.17. The average Bonchev–Trinajstić information content (AvgIpc) is 2.38. The summed E-state index contributed by atoms with van der Waals surface area (Å²) in [5, 5.41) is 0. The summed E-state index contributed by atoms with van der Waals surface area (Å²) in [5.41, 5.74) is 6.94. The summed E-state index contributed by atoms with van der Waals surface area (Å²) in [4.78, 5) is 6.33. The van der Waals surface area contributed by atoms with Gasteiger partial charge in [0.15, 0.2) is 9.84 Å². The Morgan fingerprint density at radius 2 is 2.30 bits per heavy atom. The first-order valence-electron chi connectivity index (χ1n) is 6.70. The van der Waals surface area contributed by atoms with Crippen LogP contribution in [0.15, 0.2) is 18.5 Å². The molecular weight excluding hydrogens is 278 g/mol. The van der Waals surface area contributed by atoms with Crippen LogP contribution in [0, 0.1) is 0 Å². The van der Waals surface area contributed by atoms with Crippen LogP contribution in [-0.4, -0.2) is 51.1 Å². The van der Waals surface area contributed by atoms with Gasteiger partial charge in [0.1, 0.15) is 12.4 Å². The molecule has 0 radical (unpaired) electrons. The molecule has 1 aromatic rings. The van der Waals surface area contributed by atoms with Crippen molar-refractivity contribution in [3.63, 3.8) is 0 Å². The average molecular weight is 299 g/mol. The Morgan fingerprint density at radius 1 is 1.50 bits per heavy atom. The van der Waals surface area contributed by atoms with Crippen LogP contribution in [0.2, 0.25) is 0 Å². The molecule has 2 N–H and O–H groups in total. The first kappa shape index (κ1) is 15.1. The standard InChI is InChI=1S/C13H21N3O3S/c1-20(17,18)6-5-19-13-7-12(8-15-9-13)16-4-2-3-11(14)10-16/h7-9,11H,2-6,10,14H2,1H3. The Bertz CT molecular complexity index is 548. The van der Waals surface area contributed by atoms with Gasteiger partial charge in [0.05, 0.1) is 23.8 Å². The van der Waals surface area contributed by atoms with Crippen LogP contribution in [0.25, 0.3) is 0 Å².